The van der Waals surface area contributed by atoms with Gasteiger partial charge in [-0.1, -0.05) is 29.8 Å². The Morgan fingerprint density at radius 3 is 2.58 bits per heavy atom. The topological polar surface area (TPSA) is 39.2 Å². The molecule has 0 spiro atoms. The summed E-state index contributed by atoms with van der Waals surface area (Å²) in [4.78, 5) is 17.7. The van der Waals surface area contributed by atoms with Crippen LogP contribution in [0.4, 0.5) is 0 Å². The van der Waals surface area contributed by atoms with E-state index >= 15 is 0 Å². The van der Waals surface area contributed by atoms with Crippen molar-refractivity contribution in [2.45, 2.75) is 31.4 Å². The molecule has 0 aliphatic rings. The van der Waals surface area contributed by atoms with Gasteiger partial charge in [0.2, 0.25) is 0 Å². The van der Waals surface area contributed by atoms with Crippen LogP contribution in [-0.4, -0.2) is 17.9 Å². The molecule has 0 unspecified atom stereocenters. The van der Waals surface area contributed by atoms with Crippen LogP contribution in [0.1, 0.15) is 21.7 Å². The van der Waals surface area contributed by atoms with Gasteiger partial charge in [-0.25, -0.2) is 4.98 Å². The van der Waals surface area contributed by atoms with Crippen LogP contribution in [0.5, 0.6) is 5.75 Å². The normalized spacial score (nSPS) is 10.7. The van der Waals surface area contributed by atoms with Gasteiger partial charge in [0.1, 0.15) is 17.4 Å². The summed E-state index contributed by atoms with van der Waals surface area (Å²) in [5.74, 6) is 1.65. The quantitative estimate of drug-likeness (QED) is 0.393. The van der Waals surface area contributed by atoms with Gasteiger partial charge in [-0.15, -0.1) is 23.1 Å². The smallest absolute Gasteiger partial charge is 0.157 e. The first-order valence-corrected chi connectivity index (χ1v) is 10.2. The van der Waals surface area contributed by atoms with Crippen molar-refractivity contribution in [3.63, 3.8) is 0 Å². The number of nitrogens with zero attached hydrogens (tertiary/aromatic N) is 1. The van der Waals surface area contributed by atoms with Crippen molar-refractivity contribution in [2.24, 2.45) is 0 Å². The fraction of sp³-hybridized carbons (Fsp3) is 0.238. The Kier molecular flexibility index (Phi) is 6.12. The summed E-state index contributed by atoms with van der Waals surface area (Å²) in [5, 5.41) is 1.08. The van der Waals surface area contributed by atoms with E-state index in [-0.39, 0.29) is 6.61 Å². The fourth-order valence-electron chi connectivity index (χ4n) is 2.53. The maximum atomic E-state index is 10.4. The summed E-state index contributed by atoms with van der Waals surface area (Å²) < 4.78 is 5.40. The van der Waals surface area contributed by atoms with Crippen molar-refractivity contribution < 1.29 is 9.53 Å². The molecule has 1 aromatic heterocycles. The second-order valence-electron chi connectivity index (χ2n) is 6.09. The van der Waals surface area contributed by atoms with E-state index in [4.69, 9.17) is 9.72 Å². The van der Waals surface area contributed by atoms with E-state index < -0.39 is 0 Å². The van der Waals surface area contributed by atoms with Crippen LogP contribution in [0.3, 0.4) is 0 Å². The maximum absolute atomic E-state index is 10.4. The first-order chi connectivity index (χ1) is 12.6. The van der Waals surface area contributed by atoms with Crippen LogP contribution >= 0.6 is 23.1 Å². The van der Waals surface area contributed by atoms with E-state index in [1.807, 2.05) is 19.1 Å². The number of hydrogen-bond acceptors (Lipinski definition) is 5. The van der Waals surface area contributed by atoms with Gasteiger partial charge in [0, 0.05) is 21.1 Å². The predicted octanol–water partition coefficient (Wildman–Crippen LogP) is 5.61. The molecule has 1 heterocycles. The molecule has 0 radical (unpaired) electrons. The Hall–Kier alpha value is -2.11. The Morgan fingerprint density at radius 2 is 1.88 bits per heavy atom. The van der Waals surface area contributed by atoms with Crippen LogP contribution in [-0.2, 0) is 10.5 Å². The van der Waals surface area contributed by atoms with Crippen molar-refractivity contribution >= 4 is 29.4 Å². The van der Waals surface area contributed by atoms with E-state index in [2.05, 4.69) is 44.2 Å². The number of carbonyl (C=O) groups is 1. The van der Waals surface area contributed by atoms with Gasteiger partial charge in [0.05, 0.1) is 5.69 Å². The first kappa shape index (κ1) is 18.7. The molecule has 0 N–H and O–H groups in total. The molecule has 0 saturated heterocycles. The second kappa shape index (κ2) is 8.52. The monoisotopic (exact) mass is 383 g/mol. The summed E-state index contributed by atoms with van der Waals surface area (Å²) in [6, 6.07) is 14.6. The van der Waals surface area contributed by atoms with Crippen LogP contribution in [0.2, 0.25) is 0 Å². The minimum absolute atomic E-state index is 0.0924. The van der Waals surface area contributed by atoms with Crippen molar-refractivity contribution in [3.8, 4) is 16.3 Å². The van der Waals surface area contributed by atoms with Crippen molar-refractivity contribution in [1.29, 1.82) is 0 Å². The molecule has 0 fully saturated rings. The third-order valence-corrected chi connectivity index (χ3v) is 6.42. The van der Waals surface area contributed by atoms with Gasteiger partial charge in [0.25, 0.3) is 0 Å². The minimum atomic E-state index is 0.0924. The highest BCUT2D eigenvalue weighted by Gasteiger charge is 2.10. The number of carbonyl (C=O) groups excluding carboxylic acids is 1. The summed E-state index contributed by atoms with van der Waals surface area (Å²) >= 11 is 3.55. The van der Waals surface area contributed by atoms with E-state index in [9.17, 15) is 4.79 Å². The Bertz CT molecular complexity index is 901. The number of thiazole rings is 1. The fourth-order valence-corrected chi connectivity index (χ4v) is 4.73. The molecular weight excluding hydrogens is 362 g/mol. The molecule has 0 bridgehead atoms. The Labute approximate surface area is 162 Å². The highest BCUT2D eigenvalue weighted by atomic mass is 32.2. The zero-order valence-electron chi connectivity index (χ0n) is 15.1. The van der Waals surface area contributed by atoms with Gasteiger partial charge in [-0.3, -0.25) is 4.79 Å². The molecule has 134 valence electrons. The van der Waals surface area contributed by atoms with Crippen molar-refractivity contribution in [2.75, 3.05) is 6.61 Å². The molecule has 0 aliphatic heterocycles. The molecule has 0 atom stereocenters. The molecule has 5 heteroatoms. The molecule has 26 heavy (non-hydrogen) atoms. The predicted molar refractivity (Wildman–Crippen MR) is 109 cm³/mol. The number of benzene rings is 2. The lowest BCUT2D eigenvalue weighted by atomic mass is 10.2. The molecule has 3 rings (SSSR count). The van der Waals surface area contributed by atoms with Gasteiger partial charge < -0.3 is 4.74 Å². The molecule has 2 aromatic carbocycles. The third-order valence-electron chi connectivity index (χ3n) is 4.01. The molecule has 0 saturated carbocycles. The summed E-state index contributed by atoms with van der Waals surface area (Å²) in [6.45, 7) is 6.26. The van der Waals surface area contributed by atoms with Crippen LogP contribution in [0, 0.1) is 20.8 Å². The summed E-state index contributed by atoms with van der Waals surface area (Å²) in [5.41, 5.74) is 4.57. The second-order valence-corrected chi connectivity index (χ2v) is 8.22. The van der Waals surface area contributed by atoms with E-state index in [1.165, 1.54) is 20.9 Å². The van der Waals surface area contributed by atoms with Gasteiger partial charge in [0.15, 0.2) is 6.29 Å². The Balaban J connectivity index is 1.69. The number of thioether (sulfide) groups is 1. The van der Waals surface area contributed by atoms with E-state index in [1.54, 1.807) is 23.1 Å². The standard InChI is InChI=1S/C21H21NO2S2/c1-14-4-6-17(7-5-14)21-22-16(3)20(26-21)13-25-18-8-9-19(15(2)12-18)24-11-10-23/h4-10,12H,11,13H2,1-3H3. The molecular formula is C21H21NO2S2. The highest BCUT2D eigenvalue weighted by Crippen LogP contribution is 2.34. The van der Waals surface area contributed by atoms with Crippen molar-refractivity contribution in [3.05, 3.63) is 64.2 Å². The molecule has 0 aliphatic carbocycles. The van der Waals surface area contributed by atoms with E-state index in [0.717, 1.165) is 34.1 Å². The van der Waals surface area contributed by atoms with E-state index in [0.29, 0.717) is 0 Å². The minimum Gasteiger partial charge on any atom is -0.486 e. The van der Waals surface area contributed by atoms with Gasteiger partial charge >= 0.3 is 0 Å². The van der Waals surface area contributed by atoms with Crippen LogP contribution in [0.25, 0.3) is 10.6 Å². The van der Waals surface area contributed by atoms with Gasteiger partial charge in [-0.05, 0) is 44.5 Å². The largest absolute Gasteiger partial charge is 0.486 e. The van der Waals surface area contributed by atoms with Crippen molar-refractivity contribution in [1.82, 2.24) is 4.98 Å². The lowest BCUT2D eigenvalue weighted by Gasteiger charge is -2.08. The average molecular weight is 384 g/mol. The number of aldehydes is 1. The maximum Gasteiger partial charge on any atom is 0.157 e. The zero-order valence-corrected chi connectivity index (χ0v) is 16.7. The zero-order chi connectivity index (χ0) is 18.5. The number of hydrogen-bond donors (Lipinski definition) is 0. The number of aromatic nitrogens is 1. The average Bonchev–Trinajstić information content (AvgIpc) is 3.00. The first-order valence-electron chi connectivity index (χ1n) is 8.40. The van der Waals surface area contributed by atoms with Crippen LogP contribution in [0.15, 0.2) is 47.4 Å². The Morgan fingerprint density at radius 1 is 1.12 bits per heavy atom. The molecule has 0 amide bonds. The third kappa shape index (κ3) is 4.54. The lowest BCUT2D eigenvalue weighted by molar-refractivity contribution is -0.109. The molecule has 3 nitrogen and oxygen atoms in total. The molecule has 3 aromatic rings. The van der Waals surface area contributed by atoms with Crippen LogP contribution < -0.4 is 4.74 Å². The van der Waals surface area contributed by atoms with Gasteiger partial charge in [-0.2, -0.15) is 0 Å². The highest BCUT2D eigenvalue weighted by molar-refractivity contribution is 7.98. The SMILES string of the molecule is Cc1ccc(-c2nc(C)c(CSc3ccc(OCC=O)c(C)c3)s2)cc1. The number of rotatable bonds is 7. The number of ether oxygens (including phenoxy) is 1. The summed E-state index contributed by atoms with van der Waals surface area (Å²) in [7, 11) is 0. The summed E-state index contributed by atoms with van der Waals surface area (Å²) in [6.07, 6.45) is 0.764. The number of aryl methyl sites for hydroxylation is 3. The lowest BCUT2D eigenvalue weighted by Crippen LogP contribution is -1.99.